The molecule has 0 spiro atoms. The van der Waals surface area contributed by atoms with Crippen LogP contribution >= 0.6 is 11.6 Å². The number of pyridine rings is 1. The number of rotatable bonds is 7. The normalized spacial score (nSPS) is 14.6. The maximum Gasteiger partial charge on any atom is 0.409 e. The molecule has 3 amide bonds. The first-order valence-electron chi connectivity index (χ1n) is 10.6. The minimum atomic E-state index is -1.08. The Kier molecular flexibility index (Phi) is 8.05. The predicted molar refractivity (Wildman–Crippen MR) is 120 cm³/mol. The fourth-order valence-corrected chi connectivity index (χ4v) is 3.81. The number of aromatic nitrogens is 1. The molecule has 1 fully saturated rings. The number of hydrogen-bond donors (Lipinski definition) is 2. The van der Waals surface area contributed by atoms with E-state index in [1.54, 1.807) is 31.2 Å². The largest absolute Gasteiger partial charge is 0.481 e. The van der Waals surface area contributed by atoms with Crippen molar-refractivity contribution in [2.45, 2.75) is 25.8 Å². The topological polar surface area (TPSA) is 129 Å². The number of carboxylic acids is 1. The molecule has 0 aliphatic carbocycles. The Balaban J connectivity index is 1.72. The van der Waals surface area contributed by atoms with Crippen LogP contribution in [-0.2, 0) is 14.3 Å². The third-order valence-electron chi connectivity index (χ3n) is 5.27. The van der Waals surface area contributed by atoms with Crippen molar-refractivity contribution in [3.05, 3.63) is 41.0 Å². The smallest absolute Gasteiger partial charge is 0.409 e. The summed E-state index contributed by atoms with van der Waals surface area (Å²) < 4.78 is 4.97. The van der Waals surface area contributed by atoms with E-state index in [9.17, 15) is 19.2 Å². The van der Waals surface area contributed by atoms with Gasteiger partial charge < -0.3 is 25.0 Å². The first kappa shape index (κ1) is 24.2. The standard InChI is InChI=1S/C22H25ClN4O6/c1-2-33-22(32)27-11-9-26(10-12-27)21(31)17(7-8-19(28)29)25-20(30)18-13-15(23)14-5-3-4-6-16(14)24-18/h3-6,13,17H,2,7-12H2,1H3,(H,25,30)(H,28,29)/t17-/m0/s1. The van der Waals surface area contributed by atoms with Gasteiger partial charge in [0.1, 0.15) is 11.7 Å². The van der Waals surface area contributed by atoms with Crippen LogP contribution in [0.4, 0.5) is 4.79 Å². The number of aliphatic carboxylic acids is 1. The van der Waals surface area contributed by atoms with Gasteiger partial charge in [0.05, 0.1) is 17.1 Å². The molecule has 1 atom stereocenters. The lowest BCUT2D eigenvalue weighted by Crippen LogP contribution is -2.56. The second-order valence-corrected chi connectivity index (χ2v) is 7.88. The molecule has 1 aromatic heterocycles. The minimum absolute atomic E-state index is 0.0268. The molecule has 0 saturated carbocycles. The van der Waals surface area contributed by atoms with E-state index in [1.807, 2.05) is 0 Å². The summed E-state index contributed by atoms with van der Waals surface area (Å²) in [7, 11) is 0. The Bertz CT molecular complexity index is 1050. The zero-order valence-corrected chi connectivity index (χ0v) is 18.9. The first-order valence-corrected chi connectivity index (χ1v) is 11.0. The quantitative estimate of drug-likeness (QED) is 0.626. The van der Waals surface area contributed by atoms with Gasteiger partial charge in [0.25, 0.3) is 5.91 Å². The molecule has 0 unspecified atom stereocenters. The molecule has 2 aromatic rings. The Hall–Kier alpha value is -3.40. The number of piperazine rings is 1. The highest BCUT2D eigenvalue weighted by Crippen LogP contribution is 2.23. The number of amides is 3. The molecule has 2 heterocycles. The van der Waals surface area contributed by atoms with E-state index in [0.29, 0.717) is 15.9 Å². The molecule has 1 saturated heterocycles. The molecule has 10 nitrogen and oxygen atoms in total. The van der Waals surface area contributed by atoms with E-state index in [2.05, 4.69) is 10.3 Å². The van der Waals surface area contributed by atoms with Crippen LogP contribution in [0.5, 0.6) is 0 Å². The average molecular weight is 477 g/mol. The molecule has 3 rings (SSSR count). The number of fused-ring (bicyclic) bond motifs is 1. The van der Waals surface area contributed by atoms with Gasteiger partial charge in [-0.25, -0.2) is 9.78 Å². The summed E-state index contributed by atoms with van der Waals surface area (Å²) in [4.78, 5) is 56.3. The third-order valence-corrected chi connectivity index (χ3v) is 5.58. The number of carbonyl (C=O) groups excluding carboxylic acids is 3. The highest BCUT2D eigenvalue weighted by Gasteiger charge is 2.31. The number of carboxylic acid groups (broad SMARTS) is 1. The lowest BCUT2D eigenvalue weighted by Gasteiger charge is -2.35. The summed E-state index contributed by atoms with van der Waals surface area (Å²) in [6.07, 6.45) is -0.829. The van der Waals surface area contributed by atoms with Crippen LogP contribution in [0.2, 0.25) is 5.02 Å². The van der Waals surface area contributed by atoms with E-state index >= 15 is 0 Å². The van der Waals surface area contributed by atoms with E-state index < -0.39 is 29.9 Å². The van der Waals surface area contributed by atoms with E-state index in [1.165, 1.54) is 15.9 Å². The number of nitrogens with one attached hydrogen (secondary N) is 1. The number of hydrogen-bond acceptors (Lipinski definition) is 6. The van der Waals surface area contributed by atoms with Gasteiger partial charge in [-0.3, -0.25) is 14.4 Å². The second kappa shape index (κ2) is 11.0. The first-order chi connectivity index (χ1) is 15.8. The third kappa shape index (κ3) is 6.10. The molecule has 1 aliphatic rings. The Labute approximate surface area is 195 Å². The molecule has 33 heavy (non-hydrogen) atoms. The van der Waals surface area contributed by atoms with Gasteiger partial charge >= 0.3 is 12.1 Å². The van der Waals surface area contributed by atoms with Crippen molar-refractivity contribution in [1.82, 2.24) is 20.1 Å². The van der Waals surface area contributed by atoms with Gasteiger partial charge in [0, 0.05) is 38.0 Å². The van der Waals surface area contributed by atoms with Gasteiger partial charge in [-0.15, -0.1) is 0 Å². The Morgan fingerprint density at radius 1 is 1.15 bits per heavy atom. The molecule has 176 valence electrons. The van der Waals surface area contributed by atoms with Crippen molar-refractivity contribution in [3.8, 4) is 0 Å². The van der Waals surface area contributed by atoms with Crippen LogP contribution in [0.15, 0.2) is 30.3 Å². The van der Waals surface area contributed by atoms with Crippen LogP contribution in [0.25, 0.3) is 10.9 Å². The number of halogens is 1. The fraction of sp³-hybridized carbons (Fsp3) is 0.409. The van der Waals surface area contributed by atoms with Crippen molar-refractivity contribution in [3.63, 3.8) is 0 Å². The maximum absolute atomic E-state index is 13.1. The average Bonchev–Trinajstić information content (AvgIpc) is 2.81. The zero-order valence-electron chi connectivity index (χ0n) is 18.1. The Morgan fingerprint density at radius 2 is 1.82 bits per heavy atom. The summed E-state index contributed by atoms with van der Waals surface area (Å²) >= 11 is 6.28. The molecule has 11 heteroatoms. The highest BCUT2D eigenvalue weighted by molar-refractivity contribution is 6.35. The van der Waals surface area contributed by atoms with Crippen molar-refractivity contribution >= 4 is 46.4 Å². The second-order valence-electron chi connectivity index (χ2n) is 7.48. The van der Waals surface area contributed by atoms with E-state index in [4.69, 9.17) is 21.4 Å². The predicted octanol–water partition coefficient (Wildman–Crippen LogP) is 2.15. The number of para-hydroxylation sites is 1. The number of benzene rings is 1. The lowest BCUT2D eigenvalue weighted by atomic mass is 10.1. The van der Waals surface area contributed by atoms with Crippen molar-refractivity contribution < 1.29 is 29.0 Å². The van der Waals surface area contributed by atoms with Gasteiger partial charge in [0.2, 0.25) is 5.91 Å². The highest BCUT2D eigenvalue weighted by atomic mass is 35.5. The number of ether oxygens (including phenoxy) is 1. The molecular formula is C22H25ClN4O6. The van der Waals surface area contributed by atoms with Crippen molar-refractivity contribution in [1.29, 1.82) is 0 Å². The van der Waals surface area contributed by atoms with Gasteiger partial charge in [-0.2, -0.15) is 0 Å². The summed E-state index contributed by atoms with van der Waals surface area (Å²) in [5, 5.41) is 12.7. The SMILES string of the molecule is CCOC(=O)N1CCN(C(=O)[C@H](CCC(=O)O)NC(=O)c2cc(Cl)c3ccccc3n2)CC1. The zero-order chi connectivity index (χ0) is 24.0. The fourth-order valence-electron chi connectivity index (χ4n) is 3.55. The molecule has 2 N–H and O–H groups in total. The molecular weight excluding hydrogens is 452 g/mol. The maximum atomic E-state index is 13.1. The monoisotopic (exact) mass is 476 g/mol. The van der Waals surface area contributed by atoms with Crippen LogP contribution in [0, 0.1) is 0 Å². The molecule has 1 aliphatic heterocycles. The van der Waals surface area contributed by atoms with E-state index in [0.717, 1.165) is 0 Å². The van der Waals surface area contributed by atoms with Crippen LogP contribution in [-0.4, -0.2) is 82.6 Å². The van der Waals surface area contributed by atoms with Crippen LogP contribution < -0.4 is 5.32 Å². The van der Waals surface area contributed by atoms with Gasteiger partial charge in [0.15, 0.2) is 0 Å². The molecule has 0 radical (unpaired) electrons. The molecule has 1 aromatic carbocycles. The number of carbonyl (C=O) groups is 4. The summed E-state index contributed by atoms with van der Waals surface area (Å²) in [6.45, 7) is 3.03. The molecule has 0 bridgehead atoms. The van der Waals surface area contributed by atoms with Crippen molar-refractivity contribution in [2.75, 3.05) is 32.8 Å². The lowest BCUT2D eigenvalue weighted by molar-refractivity contribution is -0.138. The van der Waals surface area contributed by atoms with Crippen LogP contribution in [0.3, 0.4) is 0 Å². The Morgan fingerprint density at radius 3 is 2.48 bits per heavy atom. The summed E-state index contributed by atoms with van der Waals surface area (Å²) in [6, 6.07) is 7.42. The summed E-state index contributed by atoms with van der Waals surface area (Å²) in [5.41, 5.74) is 0.553. The number of nitrogens with zero attached hydrogens (tertiary/aromatic N) is 3. The van der Waals surface area contributed by atoms with Gasteiger partial charge in [-0.1, -0.05) is 29.8 Å². The van der Waals surface area contributed by atoms with Gasteiger partial charge in [-0.05, 0) is 25.5 Å². The summed E-state index contributed by atoms with van der Waals surface area (Å²) in [5.74, 6) is -2.13. The van der Waals surface area contributed by atoms with Crippen LogP contribution in [0.1, 0.15) is 30.3 Å². The minimum Gasteiger partial charge on any atom is -0.481 e. The van der Waals surface area contributed by atoms with E-state index in [-0.39, 0.29) is 51.3 Å². The van der Waals surface area contributed by atoms with Crippen molar-refractivity contribution in [2.24, 2.45) is 0 Å².